The van der Waals surface area contributed by atoms with Gasteiger partial charge in [0.2, 0.25) is 0 Å². The first-order valence-corrected chi connectivity index (χ1v) is 8.82. The van der Waals surface area contributed by atoms with E-state index in [1.165, 1.54) is 11.6 Å². The Bertz CT molecular complexity index is 856. The molecule has 3 heterocycles. The van der Waals surface area contributed by atoms with Crippen LogP contribution in [-0.4, -0.2) is 37.4 Å². The number of ether oxygens (including phenoxy) is 1. The first kappa shape index (κ1) is 16.9. The summed E-state index contributed by atoms with van der Waals surface area (Å²) in [6.45, 7) is 6.79. The van der Waals surface area contributed by atoms with Gasteiger partial charge in [-0.3, -0.25) is 4.90 Å². The molecule has 0 N–H and O–H groups in total. The summed E-state index contributed by atoms with van der Waals surface area (Å²) in [5.41, 5.74) is 2.64. The molecule has 1 aromatic heterocycles. The summed E-state index contributed by atoms with van der Waals surface area (Å²) >= 11 is 0. The number of benzene rings is 1. The molecule has 2 aromatic rings. The van der Waals surface area contributed by atoms with Gasteiger partial charge in [0.1, 0.15) is 18.0 Å². The second-order valence-electron chi connectivity index (χ2n) is 6.71. The highest BCUT2D eigenvalue weighted by Crippen LogP contribution is 2.37. The van der Waals surface area contributed by atoms with Gasteiger partial charge in [0, 0.05) is 25.2 Å². The quantitative estimate of drug-likeness (QED) is 0.848. The van der Waals surface area contributed by atoms with E-state index in [1.807, 2.05) is 11.1 Å². The maximum Gasteiger partial charge on any atom is 0.337 e. The molecule has 0 saturated carbocycles. The van der Waals surface area contributed by atoms with Crippen molar-refractivity contribution >= 4 is 5.69 Å². The highest BCUT2D eigenvalue weighted by Gasteiger charge is 2.40. The molecule has 2 aliphatic rings. The van der Waals surface area contributed by atoms with Gasteiger partial charge >= 0.3 is 5.63 Å². The lowest BCUT2D eigenvalue weighted by Crippen LogP contribution is -2.51. The summed E-state index contributed by atoms with van der Waals surface area (Å²) in [4.78, 5) is 14.2. The molecule has 0 amide bonds. The third-order valence-electron chi connectivity index (χ3n) is 4.79. The van der Waals surface area contributed by atoms with E-state index in [9.17, 15) is 4.79 Å². The van der Waals surface area contributed by atoms with Crippen molar-refractivity contribution in [2.24, 2.45) is 10.3 Å². The topological polar surface area (TPSA) is 70.6 Å². The van der Waals surface area contributed by atoms with Crippen LogP contribution in [0, 0.1) is 13.8 Å². The summed E-state index contributed by atoms with van der Waals surface area (Å²) in [6, 6.07) is 11.5. The summed E-state index contributed by atoms with van der Waals surface area (Å²) in [5.74, 6) is 0.558. The molecule has 0 bridgehead atoms. The lowest BCUT2D eigenvalue weighted by atomic mass is 10.0. The van der Waals surface area contributed by atoms with Crippen molar-refractivity contribution in [2.75, 3.05) is 31.3 Å². The predicted molar refractivity (Wildman–Crippen MR) is 97.2 cm³/mol. The van der Waals surface area contributed by atoms with Gasteiger partial charge in [0.15, 0.2) is 0 Å². The zero-order chi connectivity index (χ0) is 18.1. The molecular weight excluding hydrogens is 332 g/mol. The van der Waals surface area contributed by atoms with Crippen LogP contribution in [0.5, 0.6) is 0 Å². The lowest BCUT2D eigenvalue weighted by Gasteiger charge is -2.38. The van der Waals surface area contributed by atoms with Crippen LogP contribution in [-0.2, 0) is 4.74 Å². The average Bonchev–Trinajstić information content (AvgIpc) is 3.07. The molecule has 2 atom stereocenters. The van der Waals surface area contributed by atoms with Crippen molar-refractivity contribution in [3.05, 3.63) is 63.7 Å². The molecule has 0 spiro atoms. The molecule has 7 heteroatoms. The van der Waals surface area contributed by atoms with Crippen molar-refractivity contribution in [1.82, 2.24) is 4.90 Å². The molecular formula is C19H22N4O3. The van der Waals surface area contributed by atoms with E-state index >= 15 is 0 Å². The molecule has 4 rings (SSSR count). The standard InChI is InChI=1S/C19H22N4O3/c1-13-3-5-15(6-4-13)18-19(22-7-9-25-10-8-22)23(21-20-18)16-11-14(2)26-17(24)12-16/h3-6,11-12,18-19H,7-10H2,1-2H3/t18-,19+/m0/s1. The maximum absolute atomic E-state index is 11.8. The Kier molecular flexibility index (Phi) is 4.57. The van der Waals surface area contributed by atoms with Gasteiger partial charge < -0.3 is 9.15 Å². The van der Waals surface area contributed by atoms with Crippen LogP contribution in [0.3, 0.4) is 0 Å². The number of morpholine rings is 1. The molecule has 1 saturated heterocycles. The lowest BCUT2D eigenvalue weighted by molar-refractivity contribution is 0.0140. The molecule has 1 aromatic carbocycles. The van der Waals surface area contributed by atoms with Gasteiger partial charge in [-0.2, -0.15) is 5.11 Å². The second-order valence-corrected chi connectivity index (χ2v) is 6.71. The Morgan fingerprint density at radius 2 is 1.81 bits per heavy atom. The van der Waals surface area contributed by atoms with Crippen molar-refractivity contribution in [2.45, 2.75) is 26.1 Å². The number of anilines is 1. The van der Waals surface area contributed by atoms with Gasteiger partial charge in [-0.05, 0) is 19.4 Å². The van der Waals surface area contributed by atoms with E-state index in [4.69, 9.17) is 9.15 Å². The van der Waals surface area contributed by atoms with Crippen LogP contribution in [0.1, 0.15) is 22.9 Å². The summed E-state index contributed by atoms with van der Waals surface area (Å²) in [6.07, 6.45) is -0.0946. The average molecular weight is 354 g/mol. The van der Waals surface area contributed by atoms with Crippen molar-refractivity contribution in [3.8, 4) is 0 Å². The van der Waals surface area contributed by atoms with E-state index in [-0.39, 0.29) is 17.8 Å². The Labute approximate surface area is 151 Å². The number of aryl methyl sites for hydroxylation is 2. The van der Waals surface area contributed by atoms with E-state index < -0.39 is 0 Å². The normalized spacial score (nSPS) is 23.5. The molecule has 26 heavy (non-hydrogen) atoms. The minimum Gasteiger partial charge on any atom is -0.428 e. The van der Waals surface area contributed by atoms with Gasteiger partial charge in [-0.15, -0.1) is 0 Å². The van der Waals surface area contributed by atoms with Gasteiger partial charge in [-0.25, -0.2) is 9.80 Å². The molecule has 0 unspecified atom stereocenters. The van der Waals surface area contributed by atoms with Crippen molar-refractivity contribution < 1.29 is 9.15 Å². The van der Waals surface area contributed by atoms with E-state index in [1.54, 1.807) is 6.92 Å². The number of rotatable bonds is 3. The van der Waals surface area contributed by atoms with Crippen molar-refractivity contribution in [3.63, 3.8) is 0 Å². The maximum atomic E-state index is 11.8. The van der Waals surface area contributed by atoms with Crippen molar-refractivity contribution in [1.29, 1.82) is 0 Å². The summed E-state index contributed by atoms with van der Waals surface area (Å²) < 4.78 is 10.6. The van der Waals surface area contributed by atoms with Gasteiger partial charge in [0.25, 0.3) is 0 Å². The molecule has 2 aliphatic heterocycles. The Morgan fingerprint density at radius 3 is 2.50 bits per heavy atom. The largest absolute Gasteiger partial charge is 0.428 e. The minimum absolute atomic E-state index is 0.0946. The second kappa shape index (κ2) is 7.01. The Morgan fingerprint density at radius 1 is 1.08 bits per heavy atom. The highest BCUT2D eigenvalue weighted by atomic mass is 16.5. The fourth-order valence-electron chi connectivity index (χ4n) is 3.48. The fraction of sp³-hybridized carbons (Fsp3) is 0.421. The molecule has 0 radical (unpaired) electrons. The van der Waals surface area contributed by atoms with Crippen LogP contribution in [0.4, 0.5) is 5.69 Å². The fourth-order valence-corrected chi connectivity index (χ4v) is 3.48. The zero-order valence-corrected chi connectivity index (χ0v) is 15.0. The van der Waals surface area contributed by atoms with E-state index in [0.29, 0.717) is 24.7 Å². The van der Waals surface area contributed by atoms with Crippen LogP contribution in [0.25, 0.3) is 0 Å². The summed E-state index contributed by atoms with van der Waals surface area (Å²) in [7, 11) is 0. The SMILES string of the molecule is Cc1ccc([C@@H]2N=NN(c3cc(C)oc(=O)c3)[C@H]2N2CCOCC2)cc1. The molecule has 7 nitrogen and oxygen atoms in total. The molecule has 136 valence electrons. The Balaban J connectivity index is 1.72. The third kappa shape index (κ3) is 3.27. The zero-order valence-electron chi connectivity index (χ0n) is 15.0. The first-order chi connectivity index (χ1) is 12.6. The van der Waals surface area contributed by atoms with Crippen LogP contribution >= 0.6 is 0 Å². The number of hydrogen-bond donors (Lipinski definition) is 0. The summed E-state index contributed by atoms with van der Waals surface area (Å²) in [5, 5.41) is 10.8. The highest BCUT2D eigenvalue weighted by molar-refractivity contribution is 5.47. The number of nitrogens with zero attached hydrogens (tertiary/aromatic N) is 4. The monoisotopic (exact) mass is 354 g/mol. The van der Waals surface area contributed by atoms with Crippen LogP contribution in [0.2, 0.25) is 0 Å². The smallest absolute Gasteiger partial charge is 0.337 e. The minimum atomic E-state index is -0.380. The van der Waals surface area contributed by atoms with E-state index in [0.717, 1.165) is 18.7 Å². The molecule has 0 aliphatic carbocycles. The van der Waals surface area contributed by atoms with Gasteiger partial charge in [0.05, 0.1) is 18.9 Å². The van der Waals surface area contributed by atoms with E-state index in [2.05, 4.69) is 46.4 Å². The van der Waals surface area contributed by atoms with Gasteiger partial charge in [-0.1, -0.05) is 35.1 Å². The third-order valence-corrected chi connectivity index (χ3v) is 4.79. The predicted octanol–water partition coefficient (Wildman–Crippen LogP) is 2.84. The Hall–Kier alpha value is -2.51. The molecule has 1 fully saturated rings. The van der Waals surface area contributed by atoms with Crippen LogP contribution < -0.4 is 10.6 Å². The number of hydrogen-bond acceptors (Lipinski definition) is 7. The first-order valence-electron chi connectivity index (χ1n) is 8.82. The van der Waals surface area contributed by atoms with Crippen LogP contribution in [0.15, 0.2) is 55.9 Å².